The molecule has 0 N–H and O–H groups in total. The van der Waals surface area contributed by atoms with E-state index in [4.69, 9.17) is 0 Å². The van der Waals surface area contributed by atoms with Crippen LogP contribution in [0.25, 0.3) is 10.9 Å². The Morgan fingerprint density at radius 1 is 0.897 bits per heavy atom. The van der Waals surface area contributed by atoms with Crippen molar-refractivity contribution in [1.82, 2.24) is 4.57 Å². The standard InChI is InChI=1S/C24H20N2O3/c1-25-16-20(19-14-8-9-15-21(19)25)22(17-10-4-2-5-11-17)23(26(28)29)24(27)18-12-6-3-7-13-18/h2-16,22-23H,1H3/t22-,23-/m0/s1. The molecule has 0 aliphatic heterocycles. The Morgan fingerprint density at radius 3 is 2.14 bits per heavy atom. The van der Waals surface area contributed by atoms with E-state index in [2.05, 4.69) is 0 Å². The van der Waals surface area contributed by atoms with Gasteiger partial charge in [-0.2, -0.15) is 0 Å². The lowest BCUT2D eigenvalue weighted by Gasteiger charge is -2.21. The van der Waals surface area contributed by atoms with Gasteiger partial charge in [-0.15, -0.1) is 0 Å². The number of para-hydroxylation sites is 1. The lowest BCUT2D eigenvalue weighted by atomic mass is 9.82. The van der Waals surface area contributed by atoms with E-state index in [-0.39, 0.29) is 0 Å². The molecular weight excluding hydrogens is 364 g/mol. The lowest BCUT2D eigenvalue weighted by molar-refractivity contribution is -0.507. The third-order valence-electron chi connectivity index (χ3n) is 5.29. The summed E-state index contributed by atoms with van der Waals surface area (Å²) in [7, 11) is 1.91. The third kappa shape index (κ3) is 3.43. The smallest absolute Gasteiger partial charge is 0.285 e. The molecule has 1 aromatic heterocycles. The van der Waals surface area contributed by atoms with Crippen molar-refractivity contribution in [3.8, 4) is 0 Å². The molecule has 0 fully saturated rings. The number of Topliss-reactive ketones (excluding diaryl/α,β-unsaturated/α-hetero) is 1. The Kier molecular flexibility index (Phi) is 4.96. The first-order valence-corrected chi connectivity index (χ1v) is 9.39. The summed E-state index contributed by atoms with van der Waals surface area (Å²) in [6.45, 7) is 0. The van der Waals surface area contributed by atoms with Crippen LogP contribution in [0.5, 0.6) is 0 Å². The molecule has 0 bridgehead atoms. The summed E-state index contributed by atoms with van der Waals surface area (Å²) < 4.78 is 1.95. The molecule has 0 saturated heterocycles. The number of ketones is 1. The summed E-state index contributed by atoms with van der Waals surface area (Å²) in [5, 5.41) is 13.1. The van der Waals surface area contributed by atoms with Crippen molar-refractivity contribution in [3.05, 3.63) is 118 Å². The number of hydrogen-bond acceptors (Lipinski definition) is 3. The van der Waals surface area contributed by atoms with E-state index in [0.717, 1.165) is 22.0 Å². The van der Waals surface area contributed by atoms with Gasteiger partial charge in [0.05, 0.1) is 5.92 Å². The number of hydrogen-bond donors (Lipinski definition) is 0. The van der Waals surface area contributed by atoms with Crippen LogP contribution in [0.2, 0.25) is 0 Å². The van der Waals surface area contributed by atoms with E-state index in [1.54, 1.807) is 30.3 Å². The summed E-state index contributed by atoms with van der Waals surface area (Å²) in [5.41, 5.74) is 2.84. The van der Waals surface area contributed by atoms with E-state index in [9.17, 15) is 14.9 Å². The molecule has 2 atom stereocenters. The maximum Gasteiger partial charge on any atom is 0.285 e. The number of benzene rings is 3. The summed E-state index contributed by atoms with van der Waals surface area (Å²) in [6, 6.07) is 24.1. The van der Waals surface area contributed by atoms with Crippen LogP contribution >= 0.6 is 0 Å². The first-order chi connectivity index (χ1) is 14.1. The fourth-order valence-electron chi connectivity index (χ4n) is 3.96. The maximum atomic E-state index is 13.3. The molecule has 5 heteroatoms. The topological polar surface area (TPSA) is 65.1 Å². The Hall–Kier alpha value is -3.73. The number of carbonyl (C=O) groups is 1. The minimum absolute atomic E-state index is 0.343. The number of aromatic nitrogens is 1. The van der Waals surface area contributed by atoms with Gasteiger partial charge in [0.15, 0.2) is 0 Å². The minimum atomic E-state index is -1.43. The molecule has 1 heterocycles. The van der Waals surface area contributed by atoms with Gasteiger partial charge in [-0.05, 0) is 17.2 Å². The predicted octanol–water partition coefficient (Wildman–Crippen LogP) is 4.84. The highest BCUT2D eigenvalue weighted by molar-refractivity contribution is 6.01. The Morgan fingerprint density at radius 2 is 1.48 bits per heavy atom. The van der Waals surface area contributed by atoms with Crippen LogP contribution < -0.4 is 0 Å². The summed E-state index contributed by atoms with van der Waals surface area (Å²) in [4.78, 5) is 25.0. The van der Waals surface area contributed by atoms with Crippen molar-refractivity contribution >= 4 is 16.7 Å². The zero-order chi connectivity index (χ0) is 20.4. The molecule has 4 aromatic rings. The second-order valence-electron chi connectivity index (χ2n) is 7.06. The van der Waals surface area contributed by atoms with Crippen molar-refractivity contribution in [2.45, 2.75) is 12.0 Å². The van der Waals surface area contributed by atoms with Crippen molar-refractivity contribution in [2.24, 2.45) is 7.05 Å². The summed E-state index contributed by atoms with van der Waals surface area (Å²) in [5.74, 6) is -1.19. The van der Waals surface area contributed by atoms with Crippen LogP contribution in [0.3, 0.4) is 0 Å². The number of aryl methyl sites for hydroxylation is 1. The van der Waals surface area contributed by atoms with Gasteiger partial charge in [0.1, 0.15) is 0 Å². The molecule has 0 radical (unpaired) electrons. The highest BCUT2D eigenvalue weighted by atomic mass is 16.6. The fourth-order valence-corrected chi connectivity index (χ4v) is 3.96. The van der Waals surface area contributed by atoms with Gasteiger partial charge in [-0.3, -0.25) is 14.9 Å². The minimum Gasteiger partial charge on any atom is -0.350 e. The lowest BCUT2D eigenvalue weighted by Crippen LogP contribution is -2.36. The number of nitro groups is 1. The largest absolute Gasteiger partial charge is 0.350 e. The molecule has 0 saturated carbocycles. The molecule has 144 valence electrons. The van der Waals surface area contributed by atoms with Crippen molar-refractivity contribution < 1.29 is 9.72 Å². The van der Waals surface area contributed by atoms with E-state index in [0.29, 0.717) is 5.56 Å². The molecule has 0 spiro atoms. The van der Waals surface area contributed by atoms with E-state index >= 15 is 0 Å². The Balaban J connectivity index is 1.94. The van der Waals surface area contributed by atoms with E-state index in [1.807, 2.05) is 72.4 Å². The second kappa shape index (κ2) is 7.72. The number of rotatable bonds is 6. The molecule has 5 nitrogen and oxygen atoms in total. The first kappa shape index (κ1) is 18.6. The monoisotopic (exact) mass is 384 g/mol. The Labute approximate surface area is 168 Å². The van der Waals surface area contributed by atoms with E-state index < -0.39 is 22.7 Å². The molecule has 0 aliphatic rings. The first-order valence-electron chi connectivity index (χ1n) is 9.39. The van der Waals surface area contributed by atoms with Gasteiger partial charge in [0.2, 0.25) is 5.78 Å². The molecular formula is C24H20N2O3. The third-order valence-corrected chi connectivity index (χ3v) is 5.29. The maximum absolute atomic E-state index is 13.3. The summed E-state index contributed by atoms with van der Waals surface area (Å²) in [6.07, 6.45) is 1.90. The van der Waals surface area contributed by atoms with Crippen molar-refractivity contribution in [2.75, 3.05) is 0 Å². The fraction of sp³-hybridized carbons (Fsp3) is 0.125. The molecule has 0 unspecified atom stereocenters. The highest BCUT2D eigenvalue weighted by Crippen LogP contribution is 2.36. The van der Waals surface area contributed by atoms with Gasteiger partial charge in [0, 0.05) is 34.6 Å². The highest BCUT2D eigenvalue weighted by Gasteiger charge is 2.42. The molecule has 0 aliphatic carbocycles. The van der Waals surface area contributed by atoms with Gasteiger partial charge >= 0.3 is 0 Å². The average Bonchev–Trinajstić information content (AvgIpc) is 3.09. The predicted molar refractivity (Wildman–Crippen MR) is 113 cm³/mol. The van der Waals surface area contributed by atoms with E-state index in [1.165, 1.54) is 0 Å². The Bertz CT molecular complexity index is 1170. The number of carbonyl (C=O) groups excluding carboxylic acids is 1. The zero-order valence-corrected chi connectivity index (χ0v) is 15.9. The quantitative estimate of drug-likeness (QED) is 0.271. The van der Waals surface area contributed by atoms with Crippen molar-refractivity contribution in [3.63, 3.8) is 0 Å². The average molecular weight is 384 g/mol. The van der Waals surface area contributed by atoms with Crippen LogP contribution in [-0.2, 0) is 7.05 Å². The van der Waals surface area contributed by atoms with Gasteiger partial charge in [-0.1, -0.05) is 78.9 Å². The van der Waals surface area contributed by atoms with Crippen LogP contribution in [0.1, 0.15) is 27.4 Å². The number of nitrogens with zero attached hydrogens (tertiary/aromatic N) is 2. The van der Waals surface area contributed by atoms with Crippen LogP contribution in [0.4, 0.5) is 0 Å². The van der Waals surface area contributed by atoms with Crippen LogP contribution in [0.15, 0.2) is 91.1 Å². The number of fused-ring (bicyclic) bond motifs is 1. The van der Waals surface area contributed by atoms with Crippen LogP contribution in [0, 0.1) is 10.1 Å². The van der Waals surface area contributed by atoms with Gasteiger partial charge in [0.25, 0.3) is 6.04 Å². The molecule has 29 heavy (non-hydrogen) atoms. The SMILES string of the molecule is Cn1cc([C@H](c2ccccc2)[C@@H](C(=O)c2ccccc2)[N+](=O)[O-])c2ccccc21. The second-order valence-corrected chi connectivity index (χ2v) is 7.06. The van der Waals surface area contributed by atoms with Crippen molar-refractivity contribution in [1.29, 1.82) is 0 Å². The summed E-state index contributed by atoms with van der Waals surface area (Å²) >= 11 is 0. The van der Waals surface area contributed by atoms with Gasteiger partial charge < -0.3 is 4.57 Å². The van der Waals surface area contributed by atoms with Crippen LogP contribution in [-0.4, -0.2) is 21.3 Å². The normalized spacial score (nSPS) is 13.1. The zero-order valence-electron chi connectivity index (χ0n) is 15.9. The van der Waals surface area contributed by atoms with Gasteiger partial charge in [-0.25, -0.2) is 0 Å². The molecule has 4 rings (SSSR count). The molecule has 3 aromatic carbocycles. The molecule has 0 amide bonds.